The number of piperidine rings is 6. The van der Waals surface area contributed by atoms with Gasteiger partial charge in [-0.15, -0.1) is 0 Å². The zero-order chi connectivity index (χ0) is 45.8. The molecule has 360 valence electrons. The second kappa shape index (κ2) is 21.4. The van der Waals surface area contributed by atoms with Crippen LogP contribution in [0, 0.1) is 10.8 Å². The number of benzene rings is 7. The summed E-state index contributed by atoms with van der Waals surface area (Å²) in [5.74, 6) is 0.871. The Kier molecular flexibility index (Phi) is 15.7. The van der Waals surface area contributed by atoms with E-state index in [0.717, 1.165) is 140 Å². The van der Waals surface area contributed by atoms with E-state index in [4.69, 9.17) is 9.47 Å². The second-order valence-corrected chi connectivity index (χ2v) is 20.4. The van der Waals surface area contributed by atoms with Crippen molar-refractivity contribution in [1.82, 2.24) is 0 Å². The molecule has 0 saturated carbocycles. The van der Waals surface area contributed by atoms with Crippen LogP contribution in [0.5, 0.6) is 5.75 Å². The molecule has 6 aliphatic rings. The van der Waals surface area contributed by atoms with E-state index in [0.29, 0.717) is 6.61 Å². The average molecular weight is 1050 g/mol. The summed E-state index contributed by atoms with van der Waals surface area (Å²) in [5, 5.41) is 27.7. The molecule has 7 aromatic rings. The van der Waals surface area contributed by atoms with Crippen molar-refractivity contribution in [2.45, 2.75) is 62.9 Å². The van der Waals surface area contributed by atoms with Gasteiger partial charge in [0.15, 0.2) is 0 Å². The molecular formula is C61H68Br2N2O4. The first-order chi connectivity index (χ1) is 32.7. The lowest BCUT2D eigenvalue weighted by molar-refractivity contribution is -0.958. The van der Waals surface area contributed by atoms with E-state index in [1.54, 1.807) is 7.11 Å². The molecule has 69 heavy (non-hydrogen) atoms. The molecule has 0 aliphatic carbocycles. The highest BCUT2D eigenvalue weighted by Crippen LogP contribution is 2.59. The van der Waals surface area contributed by atoms with Gasteiger partial charge >= 0.3 is 0 Å². The highest BCUT2D eigenvalue weighted by atomic mass is 79.9. The number of hydrogen-bond acceptors (Lipinski definition) is 4. The maximum absolute atomic E-state index is 12.5. The van der Waals surface area contributed by atoms with E-state index in [1.165, 1.54) is 16.3 Å². The summed E-state index contributed by atoms with van der Waals surface area (Å²) in [6.45, 7) is 10.2. The third-order valence-electron chi connectivity index (χ3n) is 17.1. The number of quaternary nitrogens is 2. The van der Waals surface area contributed by atoms with Crippen molar-refractivity contribution < 1.29 is 62.6 Å². The molecule has 0 amide bonds. The van der Waals surface area contributed by atoms with Gasteiger partial charge in [-0.1, -0.05) is 170 Å². The van der Waals surface area contributed by atoms with Gasteiger partial charge in [0.25, 0.3) is 0 Å². The molecule has 0 atom stereocenters. The molecule has 0 spiro atoms. The molecule has 8 heteroatoms. The number of nitrogens with zero attached hydrogens (tertiary/aromatic N) is 2. The van der Waals surface area contributed by atoms with Crippen molar-refractivity contribution in [1.29, 1.82) is 0 Å². The molecule has 0 radical (unpaired) electrons. The minimum atomic E-state index is -0.963. The van der Waals surface area contributed by atoms with Gasteiger partial charge in [-0.3, -0.25) is 0 Å². The summed E-state index contributed by atoms with van der Waals surface area (Å²) in [6.07, 6.45) is 6.26. The molecule has 6 fully saturated rings. The lowest BCUT2D eigenvalue weighted by atomic mass is 9.56. The van der Waals surface area contributed by atoms with Crippen molar-refractivity contribution in [2.75, 3.05) is 59.5 Å². The molecule has 0 unspecified atom stereocenters. The van der Waals surface area contributed by atoms with Crippen molar-refractivity contribution >= 4 is 10.8 Å². The lowest BCUT2D eigenvalue weighted by Crippen LogP contribution is -3.00. The Morgan fingerprint density at radius 1 is 0.449 bits per heavy atom. The molecule has 2 N–H and O–H groups in total. The first-order valence-electron chi connectivity index (χ1n) is 24.8. The SMILES string of the molecule is COc1cccc(COCC[N+]23CCC(C(O)(c4ccccc4)c4ccccc4)(CC2)CC3)c1.OC(c1ccccc1)(c1ccccc1)C12CC[N+](Cc3ccc4ccccc4c3)(CC1)CC2.[Br-].[Br-]. The van der Waals surface area contributed by atoms with Gasteiger partial charge < -0.3 is 62.6 Å². The molecule has 0 aromatic heterocycles. The van der Waals surface area contributed by atoms with Crippen LogP contribution in [0.1, 0.15) is 71.9 Å². The van der Waals surface area contributed by atoms with Crippen LogP contribution in [0.4, 0.5) is 0 Å². The van der Waals surface area contributed by atoms with Gasteiger partial charge in [-0.25, -0.2) is 0 Å². The third kappa shape index (κ3) is 9.76. The third-order valence-corrected chi connectivity index (χ3v) is 17.1. The predicted octanol–water partition coefficient (Wildman–Crippen LogP) is 5.43. The van der Waals surface area contributed by atoms with E-state index in [1.807, 2.05) is 66.7 Å². The van der Waals surface area contributed by atoms with Crippen molar-refractivity contribution in [3.63, 3.8) is 0 Å². The zero-order valence-corrected chi connectivity index (χ0v) is 43.2. The number of rotatable bonds is 14. The average Bonchev–Trinajstić information content (AvgIpc) is 3.41. The molecular weight excluding hydrogens is 984 g/mol. The van der Waals surface area contributed by atoms with E-state index in [2.05, 4.69) is 121 Å². The number of hydrogen-bond donors (Lipinski definition) is 2. The quantitative estimate of drug-likeness (QED) is 0.113. The normalized spacial score (nSPS) is 23.8. The first kappa shape index (κ1) is 50.7. The molecule has 7 aromatic carbocycles. The largest absolute Gasteiger partial charge is 1.00 e. The zero-order valence-electron chi connectivity index (χ0n) is 40.1. The molecule has 4 bridgehead atoms. The van der Waals surface area contributed by atoms with Crippen LogP contribution >= 0.6 is 0 Å². The molecule has 13 rings (SSSR count). The number of methoxy groups -OCH3 is 1. The summed E-state index contributed by atoms with van der Waals surface area (Å²) < 4.78 is 13.7. The molecule has 6 aliphatic heterocycles. The Balaban J connectivity index is 0.000000181. The highest BCUT2D eigenvalue weighted by molar-refractivity contribution is 5.83. The predicted molar refractivity (Wildman–Crippen MR) is 269 cm³/mol. The van der Waals surface area contributed by atoms with Gasteiger partial charge in [-0.2, -0.15) is 0 Å². The van der Waals surface area contributed by atoms with Crippen LogP contribution in [0.25, 0.3) is 10.8 Å². The van der Waals surface area contributed by atoms with Crippen molar-refractivity contribution in [3.05, 3.63) is 221 Å². The first-order valence-corrected chi connectivity index (χ1v) is 24.8. The number of ether oxygens (including phenoxy) is 2. The summed E-state index contributed by atoms with van der Waals surface area (Å²) >= 11 is 0. The number of aliphatic hydroxyl groups is 2. The van der Waals surface area contributed by atoms with Crippen LogP contribution in [-0.4, -0.2) is 78.7 Å². The molecule has 6 saturated heterocycles. The van der Waals surface area contributed by atoms with E-state index >= 15 is 0 Å². The van der Waals surface area contributed by atoms with Crippen LogP contribution < -0.4 is 38.7 Å². The maximum atomic E-state index is 12.5. The Labute approximate surface area is 431 Å². The van der Waals surface area contributed by atoms with Crippen molar-refractivity contribution in [2.24, 2.45) is 10.8 Å². The standard InChI is InChI=1S/C31H32NO.C30H36NO3.2BrH/c33-31(28-11-3-1-4-12-28,29-13-5-2-6-14-29)30-17-20-32(21-18-30,22-19-30)24-25-15-16-26-9-7-8-10-27(26)23-25;1-33-28-14-8-9-25(23-28)24-34-22-21-31-18-15-29(16-19-31,17-20-31)30(32,26-10-4-2-5-11-26)27-12-6-3-7-13-27;;/h1-16,23,33H,17-22,24H2;2-14,23,32H,15-22,24H2,1H3;2*1H/q2*+1;;/p-2. The summed E-state index contributed by atoms with van der Waals surface area (Å²) in [7, 11) is 1.69. The van der Waals surface area contributed by atoms with Crippen LogP contribution in [-0.2, 0) is 29.1 Å². The minimum absolute atomic E-state index is 0. The van der Waals surface area contributed by atoms with Crippen molar-refractivity contribution in [3.8, 4) is 5.75 Å². The lowest BCUT2D eigenvalue weighted by Gasteiger charge is -2.60. The Hall–Kier alpha value is -4.64. The Bertz CT molecular complexity index is 2610. The summed E-state index contributed by atoms with van der Waals surface area (Å²) in [4.78, 5) is 0. The van der Waals surface area contributed by atoms with Crippen LogP contribution in [0.15, 0.2) is 188 Å². The molecule has 6 heterocycles. The fourth-order valence-electron chi connectivity index (χ4n) is 13.0. The highest BCUT2D eigenvalue weighted by Gasteiger charge is 2.61. The van der Waals surface area contributed by atoms with Gasteiger partial charge in [-0.05, 0) is 56.8 Å². The number of halogens is 2. The van der Waals surface area contributed by atoms with E-state index in [9.17, 15) is 10.2 Å². The molecule has 6 nitrogen and oxygen atoms in total. The maximum Gasteiger partial charge on any atom is 0.121 e. The van der Waals surface area contributed by atoms with Gasteiger partial charge in [0, 0.05) is 54.9 Å². The topological polar surface area (TPSA) is 58.9 Å². The minimum Gasteiger partial charge on any atom is -1.00 e. The van der Waals surface area contributed by atoms with Gasteiger partial charge in [0.1, 0.15) is 30.0 Å². The van der Waals surface area contributed by atoms with Crippen LogP contribution in [0.2, 0.25) is 0 Å². The summed E-state index contributed by atoms with van der Waals surface area (Å²) in [6, 6.07) is 65.1. The van der Waals surface area contributed by atoms with E-state index < -0.39 is 11.2 Å². The number of fused-ring (bicyclic) bond motifs is 7. The second-order valence-electron chi connectivity index (χ2n) is 20.4. The van der Waals surface area contributed by atoms with Crippen LogP contribution in [0.3, 0.4) is 0 Å². The Morgan fingerprint density at radius 2 is 0.870 bits per heavy atom. The Morgan fingerprint density at radius 3 is 1.32 bits per heavy atom. The van der Waals surface area contributed by atoms with Gasteiger partial charge in [0.05, 0.1) is 59.6 Å². The van der Waals surface area contributed by atoms with Gasteiger partial charge in [0.2, 0.25) is 0 Å². The summed E-state index contributed by atoms with van der Waals surface area (Å²) in [5.41, 5.74) is 4.53. The smallest absolute Gasteiger partial charge is 0.121 e. The fraction of sp³-hybridized carbons (Fsp3) is 0.344. The van der Waals surface area contributed by atoms with E-state index in [-0.39, 0.29) is 44.8 Å². The fourth-order valence-corrected chi connectivity index (χ4v) is 13.0. The monoisotopic (exact) mass is 1050 g/mol.